The lowest BCUT2D eigenvalue weighted by molar-refractivity contribution is -0.0502. The van der Waals surface area contributed by atoms with Gasteiger partial charge in [-0.05, 0) is 17.7 Å². The van der Waals surface area contributed by atoms with E-state index in [0.29, 0.717) is 6.79 Å². The van der Waals surface area contributed by atoms with Crippen LogP contribution in [-0.4, -0.2) is 32.6 Å². The fourth-order valence-electron chi connectivity index (χ4n) is 2.17. The topological polar surface area (TPSA) is 39.7 Å². The zero-order valence-electron chi connectivity index (χ0n) is 9.29. The number of hydrogen-bond acceptors (Lipinski definition) is 4. The van der Waals surface area contributed by atoms with E-state index in [4.69, 9.17) is 14.2 Å². The van der Waals surface area contributed by atoms with Crippen LogP contribution in [0.15, 0.2) is 18.2 Å². The van der Waals surface area contributed by atoms with Crippen LogP contribution >= 0.6 is 0 Å². The van der Waals surface area contributed by atoms with Crippen LogP contribution in [0.1, 0.15) is 5.56 Å². The summed E-state index contributed by atoms with van der Waals surface area (Å²) < 4.78 is 16.2. The van der Waals surface area contributed by atoms with E-state index < -0.39 is 0 Å². The van der Waals surface area contributed by atoms with Crippen LogP contribution in [-0.2, 0) is 11.2 Å². The van der Waals surface area contributed by atoms with E-state index in [2.05, 4.69) is 11.4 Å². The van der Waals surface area contributed by atoms with Gasteiger partial charge in [-0.1, -0.05) is 6.07 Å². The number of nitrogens with one attached hydrogen (secondary N) is 1. The van der Waals surface area contributed by atoms with Crippen molar-refractivity contribution in [2.24, 2.45) is 0 Å². The number of fused-ring (bicyclic) bond motifs is 1. The van der Waals surface area contributed by atoms with Crippen LogP contribution in [0.4, 0.5) is 0 Å². The Morgan fingerprint density at radius 3 is 2.81 bits per heavy atom. The van der Waals surface area contributed by atoms with Gasteiger partial charge in [0, 0.05) is 26.6 Å². The molecule has 0 amide bonds. The molecule has 0 aliphatic carbocycles. The lowest BCUT2D eigenvalue weighted by atomic mass is 9.89. The van der Waals surface area contributed by atoms with Crippen LogP contribution in [0.5, 0.6) is 11.5 Å². The minimum atomic E-state index is -0.0340. The zero-order chi connectivity index (χ0) is 11.0. The molecule has 2 aliphatic rings. The van der Waals surface area contributed by atoms with Gasteiger partial charge in [-0.3, -0.25) is 0 Å². The molecule has 16 heavy (non-hydrogen) atoms. The van der Waals surface area contributed by atoms with Gasteiger partial charge in [0.1, 0.15) is 0 Å². The Balaban J connectivity index is 1.80. The van der Waals surface area contributed by atoms with E-state index in [1.165, 1.54) is 5.56 Å². The Labute approximate surface area is 94.5 Å². The van der Waals surface area contributed by atoms with Crippen LogP contribution < -0.4 is 14.8 Å². The van der Waals surface area contributed by atoms with Gasteiger partial charge in [0.2, 0.25) is 6.79 Å². The molecule has 1 saturated heterocycles. The second-order valence-electron chi connectivity index (χ2n) is 4.36. The van der Waals surface area contributed by atoms with Gasteiger partial charge < -0.3 is 19.5 Å². The largest absolute Gasteiger partial charge is 0.454 e. The van der Waals surface area contributed by atoms with E-state index in [1.54, 1.807) is 7.11 Å². The first-order valence-electron chi connectivity index (χ1n) is 5.46. The molecular formula is C12H15NO3. The normalized spacial score (nSPS) is 20.6. The summed E-state index contributed by atoms with van der Waals surface area (Å²) >= 11 is 0. The molecule has 1 aromatic rings. The average molecular weight is 221 g/mol. The number of hydrogen-bond donors (Lipinski definition) is 1. The van der Waals surface area contributed by atoms with Gasteiger partial charge in [0.25, 0.3) is 0 Å². The highest BCUT2D eigenvalue weighted by Gasteiger charge is 2.37. The number of rotatable bonds is 3. The van der Waals surface area contributed by atoms with E-state index >= 15 is 0 Å². The Morgan fingerprint density at radius 2 is 2.12 bits per heavy atom. The van der Waals surface area contributed by atoms with Gasteiger partial charge in [0.15, 0.2) is 11.5 Å². The highest BCUT2D eigenvalue weighted by molar-refractivity contribution is 5.44. The van der Waals surface area contributed by atoms with Crippen molar-refractivity contribution in [1.29, 1.82) is 0 Å². The van der Waals surface area contributed by atoms with Crippen LogP contribution in [0.3, 0.4) is 0 Å². The molecule has 1 fully saturated rings. The van der Waals surface area contributed by atoms with Crippen molar-refractivity contribution in [3.8, 4) is 11.5 Å². The summed E-state index contributed by atoms with van der Waals surface area (Å²) in [5, 5.41) is 3.24. The van der Waals surface area contributed by atoms with Crippen molar-refractivity contribution < 1.29 is 14.2 Å². The van der Waals surface area contributed by atoms with E-state index in [1.807, 2.05) is 12.1 Å². The number of benzene rings is 1. The lowest BCUT2D eigenvalue weighted by Gasteiger charge is -2.41. The summed E-state index contributed by atoms with van der Waals surface area (Å²) in [5.41, 5.74) is 1.20. The smallest absolute Gasteiger partial charge is 0.231 e. The summed E-state index contributed by atoms with van der Waals surface area (Å²) in [4.78, 5) is 0. The maximum Gasteiger partial charge on any atom is 0.231 e. The third kappa shape index (κ3) is 1.54. The molecule has 0 radical (unpaired) electrons. The molecule has 0 aromatic heterocycles. The van der Waals surface area contributed by atoms with Gasteiger partial charge in [-0.2, -0.15) is 0 Å². The van der Waals surface area contributed by atoms with Crippen molar-refractivity contribution >= 4 is 0 Å². The van der Waals surface area contributed by atoms with Crippen LogP contribution in [0.2, 0.25) is 0 Å². The summed E-state index contributed by atoms with van der Waals surface area (Å²) in [5.74, 6) is 1.68. The molecule has 0 spiro atoms. The maximum absolute atomic E-state index is 5.56. The fraction of sp³-hybridized carbons (Fsp3) is 0.500. The molecular weight excluding hydrogens is 206 g/mol. The fourth-order valence-corrected chi connectivity index (χ4v) is 2.17. The second kappa shape index (κ2) is 3.64. The van der Waals surface area contributed by atoms with Crippen LogP contribution in [0.25, 0.3) is 0 Å². The van der Waals surface area contributed by atoms with Crippen LogP contribution in [0, 0.1) is 0 Å². The zero-order valence-corrected chi connectivity index (χ0v) is 9.29. The molecule has 86 valence electrons. The average Bonchev–Trinajstić information content (AvgIpc) is 2.70. The lowest BCUT2D eigenvalue weighted by Crippen LogP contribution is -2.61. The first kappa shape index (κ1) is 9.93. The van der Waals surface area contributed by atoms with Gasteiger partial charge in [0.05, 0.1) is 5.60 Å². The van der Waals surface area contributed by atoms with Crippen molar-refractivity contribution in [2.75, 3.05) is 27.0 Å². The number of ether oxygens (including phenoxy) is 3. The minimum Gasteiger partial charge on any atom is -0.454 e. The van der Waals surface area contributed by atoms with Crippen molar-refractivity contribution in [3.63, 3.8) is 0 Å². The third-order valence-electron chi connectivity index (χ3n) is 3.29. The summed E-state index contributed by atoms with van der Waals surface area (Å²) in [6.45, 7) is 2.16. The molecule has 0 saturated carbocycles. The SMILES string of the molecule is COC1(Cc2ccc3c(c2)OCO3)CNC1. The van der Waals surface area contributed by atoms with E-state index in [-0.39, 0.29) is 5.60 Å². The number of methoxy groups -OCH3 is 1. The Bertz CT molecular complexity index is 396. The molecule has 0 unspecified atom stereocenters. The standard InChI is InChI=1S/C12H15NO3/c1-14-12(6-13-7-12)5-9-2-3-10-11(4-9)16-8-15-10/h2-4,13H,5-8H2,1H3. The first-order chi connectivity index (χ1) is 7.81. The Hall–Kier alpha value is -1.26. The molecule has 4 heteroatoms. The van der Waals surface area contributed by atoms with Crippen molar-refractivity contribution in [1.82, 2.24) is 5.32 Å². The summed E-state index contributed by atoms with van der Waals surface area (Å²) in [7, 11) is 1.77. The second-order valence-corrected chi connectivity index (χ2v) is 4.36. The molecule has 0 bridgehead atoms. The Kier molecular flexibility index (Phi) is 2.26. The Morgan fingerprint density at radius 1 is 1.31 bits per heavy atom. The molecule has 1 N–H and O–H groups in total. The monoisotopic (exact) mass is 221 g/mol. The first-order valence-corrected chi connectivity index (χ1v) is 5.46. The highest BCUT2D eigenvalue weighted by atomic mass is 16.7. The molecule has 4 nitrogen and oxygen atoms in total. The molecule has 2 aliphatic heterocycles. The van der Waals surface area contributed by atoms with E-state index in [0.717, 1.165) is 31.0 Å². The van der Waals surface area contributed by atoms with E-state index in [9.17, 15) is 0 Å². The van der Waals surface area contributed by atoms with Crippen molar-refractivity contribution in [3.05, 3.63) is 23.8 Å². The summed E-state index contributed by atoms with van der Waals surface area (Å²) in [6, 6.07) is 6.08. The van der Waals surface area contributed by atoms with Gasteiger partial charge >= 0.3 is 0 Å². The molecule has 0 atom stereocenters. The predicted molar refractivity (Wildman–Crippen MR) is 58.9 cm³/mol. The molecule has 1 aromatic carbocycles. The predicted octanol–water partition coefficient (Wildman–Crippen LogP) is 0.946. The maximum atomic E-state index is 5.56. The molecule has 3 rings (SSSR count). The third-order valence-corrected chi connectivity index (χ3v) is 3.29. The highest BCUT2D eigenvalue weighted by Crippen LogP contribution is 2.34. The quantitative estimate of drug-likeness (QED) is 0.824. The van der Waals surface area contributed by atoms with Gasteiger partial charge in [-0.15, -0.1) is 0 Å². The minimum absolute atomic E-state index is 0.0340. The van der Waals surface area contributed by atoms with Gasteiger partial charge in [-0.25, -0.2) is 0 Å². The summed E-state index contributed by atoms with van der Waals surface area (Å²) in [6.07, 6.45) is 0.910. The molecule has 2 heterocycles. The van der Waals surface area contributed by atoms with Crippen molar-refractivity contribution in [2.45, 2.75) is 12.0 Å².